The number of carbonyl (C=O) groups is 2. The summed E-state index contributed by atoms with van der Waals surface area (Å²) in [6.45, 7) is 4.32. The molecule has 1 atom stereocenters. The molecule has 2 aromatic rings. The summed E-state index contributed by atoms with van der Waals surface area (Å²) >= 11 is 0. The molecule has 1 aliphatic heterocycles. The Morgan fingerprint density at radius 3 is 2.69 bits per heavy atom. The highest BCUT2D eigenvalue weighted by atomic mass is 16.5. The molecule has 2 aromatic carbocycles. The number of nitrogens with zero attached hydrogens (tertiary/aromatic N) is 1. The van der Waals surface area contributed by atoms with Crippen molar-refractivity contribution in [3.63, 3.8) is 0 Å². The van der Waals surface area contributed by atoms with Gasteiger partial charge in [-0.15, -0.1) is 0 Å². The molecular formula is C21H21NO4. The van der Waals surface area contributed by atoms with Gasteiger partial charge in [-0.2, -0.15) is 0 Å². The highest BCUT2D eigenvalue weighted by molar-refractivity contribution is 6.05. The number of rotatable bonds is 4. The van der Waals surface area contributed by atoms with Gasteiger partial charge >= 0.3 is 5.97 Å². The van der Waals surface area contributed by atoms with Crippen molar-refractivity contribution in [2.45, 2.75) is 20.0 Å². The van der Waals surface area contributed by atoms with E-state index in [4.69, 9.17) is 9.47 Å². The summed E-state index contributed by atoms with van der Waals surface area (Å²) < 4.78 is 10.9. The molecular weight excluding hydrogens is 330 g/mol. The molecule has 5 heteroatoms. The van der Waals surface area contributed by atoms with Gasteiger partial charge in [0.15, 0.2) is 0 Å². The zero-order valence-electron chi connectivity index (χ0n) is 14.8. The van der Waals surface area contributed by atoms with Crippen LogP contribution in [0.25, 0.3) is 0 Å². The van der Waals surface area contributed by atoms with E-state index in [9.17, 15) is 9.59 Å². The first-order valence-corrected chi connectivity index (χ1v) is 8.57. The van der Waals surface area contributed by atoms with Crippen LogP contribution in [0, 0.1) is 6.92 Å². The number of amides is 1. The molecule has 134 valence electrons. The number of aryl methyl sites for hydroxylation is 1. The van der Waals surface area contributed by atoms with E-state index in [1.165, 1.54) is 6.08 Å². The van der Waals surface area contributed by atoms with Crippen molar-refractivity contribution < 1.29 is 19.1 Å². The molecule has 3 rings (SSSR count). The van der Waals surface area contributed by atoms with Crippen molar-refractivity contribution in [2.24, 2.45) is 0 Å². The van der Waals surface area contributed by atoms with Gasteiger partial charge in [0.05, 0.1) is 18.8 Å². The molecule has 0 spiro atoms. The van der Waals surface area contributed by atoms with Gasteiger partial charge < -0.3 is 14.4 Å². The molecule has 0 saturated heterocycles. The maximum atomic E-state index is 12.7. The highest BCUT2D eigenvalue weighted by Gasteiger charge is 2.30. The molecule has 1 amide bonds. The Labute approximate surface area is 152 Å². The smallest absolute Gasteiger partial charge is 0.330 e. The Kier molecular flexibility index (Phi) is 5.37. The molecule has 0 radical (unpaired) electrons. The van der Waals surface area contributed by atoms with E-state index in [1.807, 2.05) is 55.5 Å². The average molecular weight is 351 g/mol. The lowest BCUT2D eigenvalue weighted by Crippen LogP contribution is -2.39. The van der Waals surface area contributed by atoms with Gasteiger partial charge in [0, 0.05) is 12.2 Å². The van der Waals surface area contributed by atoms with Gasteiger partial charge in [0.2, 0.25) is 0 Å². The summed E-state index contributed by atoms with van der Waals surface area (Å²) in [4.78, 5) is 25.9. The molecule has 0 aliphatic carbocycles. The van der Waals surface area contributed by atoms with Gasteiger partial charge in [-0.05, 0) is 37.1 Å². The van der Waals surface area contributed by atoms with Gasteiger partial charge in [0.1, 0.15) is 11.9 Å². The molecule has 26 heavy (non-hydrogen) atoms. The van der Waals surface area contributed by atoms with Crippen LogP contribution in [0.3, 0.4) is 0 Å². The number of hydrogen-bond donors (Lipinski definition) is 0. The second kappa shape index (κ2) is 7.87. The number of esters is 1. The fraction of sp³-hybridized carbons (Fsp3) is 0.238. The first-order valence-electron chi connectivity index (χ1n) is 8.57. The van der Waals surface area contributed by atoms with Crippen LogP contribution in [0.1, 0.15) is 24.2 Å². The van der Waals surface area contributed by atoms with Crippen molar-refractivity contribution in [3.8, 4) is 5.75 Å². The molecule has 1 unspecified atom stereocenters. The monoisotopic (exact) mass is 351 g/mol. The van der Waals surface area contributed by atoms with E-state index < -0.39 is 5.97 Å². The molecule has 0 aromatic heterocycles. The number of benzene rings is 2. The number of ether oxygens (including phenoxy) is 2. The van der Waals surface area contributed by atoms with Crippen molar-refractivity contribution >= 4 is 17.6 Å². The summed E-state index contributed by atoms with van der Waals surface area (Å²) in [5.41, 5.74) is 2.72. The van der Waals surface area contributed by atoms with E-state index in [0.717, 1.165) is 17.2 Å². The third-order valence-electron chi connectivity index (χ3n) is 4.11. The largest absolute Gasteiger partial charge is 0.482 e. The Bertz CT molecular complexity index is 829. The van der Waals surface area contributed by atoms with Crippen LogP contribution >= 0.6 is 0 Å². The summed E-state index contributed by atoms with van der Waals surface area (Å²) in [5.74, 6) is -0.166. The third kappa shape index (κ3) is 3.94. The molecule has 0 N–H and O–H groups in total. The predicted molar refractivity (Wildman–Crippen MR) is 99.1 cm³/mol. The van der Waals surface area contributed by atoms with Crippen LogP contribution < -0.4 is 9.64 Å². The molecule has 0 fully saturated rings. The average Bonchev–Trinajstić information content (AvgIpc) is 2.66. The minimum Gasteiger partial charge on any atom is -0.482 e. The summed E-state index contributed by atoms with van der Waals surface area (Å²) in [7, 11) is 0. The Hall–Kier alpha value is -3.08. The quantitative estimate of drug-likeness (QED) is 0.624. The standard InChI is InChI=1S/C21H21NO4/c1-3-25-21(24)12-11-20(23)22-14-19(16-7-5-4-6-8-16)26-18-10-9-15(2)13-17(18)22/h4-13,19H,3,14H2,1-2H3. The first kappa shape index (κ1) is 17.7. The van der Waals surface area contributed by atoms with Crippen molar-refractivity contribution in [1.29, 1.82) is 0 Å². The number of carbonyl (C=O) groups excluding carboxylic acids is 2. The predicted octanol–water partition coefficient (Wildman–Crippen LogP) is 3.58. The maximum absolute atomic E-state index is 12.7. The lowest BCUT2D eigenvalue weighted by atomic mass is 10.1. The third-order valence-corrected chi connectivity index (χ3v) is 4.11. The van der Waals surface area contributed by atoms with Crippen molar-refractivity contribution in [3.05, 3.63) is 71.8 Å². The SMILES string of the molecule is CCOC(=O)C=CC(=O)N1CC(c2ccccc2)Oc2ccc(C)cc21. The summed E-state index contributed by atoms with van der Waals surface area (Å²) in [6, 6.07) is 15.5. The fourth-order valence-corrected chi connectivity index (χ4v) is 2.86. The Balaban J connectivity index is 1.90. The Morgan fingerprint density at radius 1 is 1.19 bits per heavy atom. The van der Waals surface area contributed by atoms with Crippen LogP contribution in [0.15, 0.2) is 60.7 Å². The van der Waals surface area contributed by atoms with Crippen LogP contribution in [-0.4, -0.2) is 25.0 Å². The lowest BCUT2D eigenvalue weighted by Gasteiger charge is -2.35. The lowest BCUT2D eigenvalue weighted by molar-refractivity contribution is -0.137. The second-order valence-electron chi connectivity index (χ2n) is 6.02. The molecule has 1 heterocycles. The zero-order valence-corrected chi connectivity index (χ0v) is 14.8. The topological polar surface area (TPSA) is 55.8 Å². The van der Waals surface area contributed by atoms with E-state index in [-0.39, 0.29) is 18.6 Å². The number of anilines is 1. The van der Waals surface area contributed by atoms with Crippen LogP contribution in [0.5, 0.6) is 5.75 Å². The van der Waals surface area contributed by atoms with Crippen LogP contribution in [-0.2, 0) is 14.3 Å². The minimum absolute atomic E-state index is 0.271. The van der Waals surface area contributed by atoms with Gasteiger partial charge in [-0.25, -0.2) is 4.79 Å². The normalized spacial score (nSPS) is 16.1. The molecule has 1 aliphatic rings. The first-order chi connectivity index (χ1) is 12.6. The van der Waals surface area contributed by atoms with Crippen molar-refractivity contribution in [1.82, 2.24) is 0 Å². The fourth-order valence-electron chi connectivity index (χ4n) is 2.86. The summed E-state index contributed by atoms with van der Waals surface area (Å²) in [5, 5.41) is 0. The van der Waals surface area contributed by atoms with E-state index in [1.54, 1.807) is 11.8 Å². The van der Waals surface area contributed by atoms with Gasteiger partial charge in [-0.3, -0.25) is 4.79 Å². The van der Waals surface area contributed by atoms with Crippen molar-refractivity contribution in [2.75, 3.05) is 18.1 Å². The zero-order chi connectivity index (χ0) is 18.5. The molecule has 0 bridgehead atoms. The van der Waals surface area contributed by atoms with Gasteiger partial charge in [-0.1, -0.05) is 36.4 Å². The maximum Gasteiger partial charge on any atom is 0.330 e. The van der Waals surface area contributed by atoms with E-state index in [2.05, 4.69) is 0 Å². The van der Waals surface area contributed by atoms with Crippen LogP contribution in [0.2, 0.25) is 0 Å². The molecule has 5 nitrogen and oxygen atoms in total. The minimum atomic E-state index is -0.529. The Morgan fingerprint density at radius 2 is 1.96 bits per heavy atom. The summed E-state index contributed by atoms with van der Waals surface area (Å²) in [6.07, 6.45) is 2.14. The number of fused-ring (bicyclic) bond motifs is 1. The van der Waals surface area contributed by atoms with E-state index in [0.29, 0.717) is 18.0 Å². The number of hydrogen-bond acceptors (Lipinski definition) is 4. The van der Waals surface area contributed by atoms with Gasteiger partial charge in [0.25, 0.3) is 5.91 Å². The van der Waals surface area contributed by atoms with Crippen LogP contribution in [0.4, 0.5) is 5.69 Å². The highest BCUT2D eigenvalue weighted by Crippen LogP contribution is 2.38. The second-order valence-corrected chi connectivity index (χ2v) is 6.02. The van der Waals surface area contributed by atoms with E-state index >= 15 is 0 Å². The molecule has 0 saturated carbocycles.